The van der Waals surface area contributed by atoms with Crippen molar-refractivity contribution in [3.8, 4) is 0 Å². The summed E-state index contributed by atoms with van der Waals surface area (Å²) in [5, 5.41) is 10.7. The zero-order valence-corrected chi connectivity index (χ0v) is 15.6. The van der Waals surface area contributed by atoms with Crippen molar-refractivity contribution in [2.24, 2.45) is 0 Å². The second kappa shape index (κ2) is 8.02. The molecule has 0 fully saturated rings. The molecule has 1 aromatic carbocycles. The fraction of sp³-hybridized carbons (Fsp3) is 0.357. The quantitative estimate of drug-likeness (QED) is 0.736. The van der Waals surface area contributed by atoms with Crippen LogP contribution < -0.4 is 5.32 Å². The van der Waals surface area contributed by atoms with Crippen LogP contribution in [-0.4, -0.2) is 35.9 Å². The summed E-state index contributed by atoms with van der Waals surface area (Å²) >= 11 is 6.65. The highest BCUT2D eigenvalue weighted by Crippen LogP contribution is 2.24. The third-order valence-corrected chi connectivity index (χ3v) is 6.32. The lowest BCUT2D eigenvalue weighted by molar-refractivity contribution is -0.116. The summed E-state index contributed by atoms with van der Waals surface area (Å²) in [6.07, 6.45) is 1.04. The molecule has 0 aliphatic rings. The van der Waals surface area contributed by atoms with Gasteiger partial charge in [0.15, 0.2) is 0 Å². The molecule has 0 aliphatic heterocycles. The maximum Gasteiger partial charge on any atom is 0.272 e. The van der Waals surface area contributed by atoms with E-state index in [1.165, 1.54) is 11.4 Å². The van der Waals surface area contributed by atoms with Gasteiger partial charge in [0.1, 0.15) is 0 Å². The summed E-state index contributed by atoms with van der Waals surface area (Å²) in [5.74, 6) is -0.216. The molecule has 0 spiro atoms. The van der Waals surface area contributed by atoms with E-state index in [2.05, 4.69) is 15.5 Å². The lowest BCUT2D eigenvalue weighted by Gasteiger charge is -2.14. The minimum atomic E-state index is -3.78. The topological polar surface area (TPSA) is 92.3 Å². The van der Waals surface area contributed by atoms with Gasteiger partial charge in [-0.1, -0.05) is 42.0 Å². The van der Waals surface area contributed by atoms with E-state index in [0.29, 0.717) is 17.9 Å². The van der Waals surface area contributed by atoms with Crippen molar-refractivity contribution in [3.05, 3.63) is 34.9 Å². The van der Waals surface area contributed by atoms with Crippen LogP contribution in [0.25, 0.3) is 0 Å². The van der Waals surface area contributed by atoms with Crippen LogP contribution in [0, 0.1) is 0 Å². The predicted molar refractivity (Wildman–Crippen MR) is 93.6 cm³/mol. The van der Waals surface area contributed by atoms with Gasteiger partial charge in [-0.25, -0.2) is 8.42 Å². The standard InChI is InChI=1S/C14H17ClN4O3S2/c1-3-4-12(20)16-13-17-18-14(23-13)24(21,22)19(2)9-10-5-7-11(15)8-6-10/h5-8H,3-4,9H2,1-2H3,(H,16,17,20). The third-order valence-electron chi connectivity index (χ3n) is 3.08. The van der Waals surface area contributed by atoms with Gasteiger partial charge in [0.25, 0.3) is 10.0 Å². The van der Waals surface area contributed by atoms with E-state index >= 15 is 0 Å². The van der Waals surface area contributed by atoms with Crippen molar-refractivity contribution < 1.29 is 13.2 Å². The summed E-state index contributed by atoms with van der Waals surface area (Å²) in [6.45, 7) is 2.05. The molecule has 10 heteroatoms. The van der Waals surface area contributed by atoms with Crippen molar-refractivity contribution in [3.63, 3.8) is 0 Å². The van der Waals surface area contributed by atoms with E-state index in [4.69, 9.17) is 11.6 Å². The van der Waals surface area contributed by atoms with E-state index in [0.717, 1.165) is 16.9 Å². The average molecular weight is 389 g/mol. The molecule has 0 bridgehead atoms. The summed E-state index contributed by atoms with van der Waals surface area (Å²) in [6, 6.07) is 6.91. The minimum absolute atomic E-state index is 0.161. The van der Waals surface area contributed by atoms with Gasteiger partial charge in [0.2, 0.25) is 15.4 Å². The Morgan fingerprint density at radius 1 is 1.29 bits per heavy atom. The molecule has 7 nitrogen and oxygen atoms in total. The van der Waals surface area contributed by atoms with Crippen LogP contribution in [0.4, 0.5) is 5.13 Å². The van der Waals surface area contributed by atoms with E-state index in [1.54, 1.807) is 24.3 Å². The van der Waals surface area contributed by atoms with E-state index in [1.807, 2.05) is 6.92 Å². The van der Waals surface area contributed by atoms with Crippen molar-refractivity contribution >= 4 is 44.0 Å². The smallest absolute Gasteiger partial charge is 0.272 e. The first-order valence-corrected chi connectivity index (χ1v) is 9.80. The Hall–Kier alpha value is -1.55. The number of halogens is 1. The Kier molecular flexibility index (Phi) is 6.27. The number of hydrogen-bond acceptors (Lipinski definition) is 6. The van der Waals surface area contributed by atoms with Crippen molar-refractivity contribution in [1.29, 1.82) is 0 Å². The van der Waals surface area contributed by atoms with Gasteiger partial charge < -0.3 is 5.32 Å². The summed E-state index contributed by atoms with van der Waals surface area (Å²) in [7, 11) is -2.32. The normalized spacial score (nSPS) is 11.7. The van der Waals surface area contributed by atoms with E-state index in [9.17, 15) is 13.2 Å². The first-order chi connectivity index (χ1) is 11.3. The number of nitrogens with zero attached hydrogens (tertiary/aromatic N) is 3. The van der Waals surface area contributed by atoms with Gasteiger partial charge in [-0.3, -0.25) is 4.79 Å². The number of anilines is 1. The van der Waals surface area contributed by atoms with Gasteiger partial charge in [0, 0.05) is 25.0 Å². The second-order valence-electron chi connectivity index (χ2n) is 5.06. The molecule has 1 N–H and O–H groups in total. The van der Waals surface area contributed by atoms with Gasteiger partial charge in [-0.05, 0) is 24.1 Å². The lowest BCUT2D eigenvalue weighted by atomic mass is 10.2. The second-order valence-corrected chi connectivity index (χ2v) is 8.69. The van der Waals surface area contributed by atoms with E-state index in [-0.39, 0.29) is 21.9 Å². The number of sulfonamides is 1. The number of benzene rings is 1. The molecule has 0 saturated carbocycles. The fourth-order valence-electron chi connectivity index (χ4n) is 1.84. The van der Waals surface area contributed by atoms with Gasteiger partial charge in [0.05, 0.1) is 0 Å². The SMILES string of the molecule is CCCC(=O)Nc1nnc(S(=O)(=O)N(C)Cc2ccc(Cl)cc2)s1. The molecule has 1 amide bonds. The Morgan fingerprint density at radius 3 is 2.58 bits per heavy atom. The van der Waals surface area contributed by atoms with Crippen LogP contribution in [0.5, 0.6) is 0 Å². The number of nitrogens with one attached hydrogen (secondary N) is 1. The Balaban J connectivity index is 2.10. The van der Waals surface area contributed by atoms with Crippen molar-refractivity contribution in [1.82, 2.24) is 14.5 Å². The Morgan fingerprint density at radius 2 is 1.96 bits per heavy atom. The molecule has 0 atom stereocenters. The maximum absolute atomic E-state index is 12.5. The van der Waals surface area contributed by atoms with Gasteiger partial charge in [-0.15, -0.1) is 10.2 Å². The molecular weight excluding hydrogens is 372 g/mol. The molecule has 0 unspecified atom stereocenters. The van der Waals surface area contributed by atoms with Crippen molar-refractivity contribution in [2.75, 3.05) is 12.4 Å². The summed E-state index contributed by atoms with van der Waals surface area (Å²) < 4.78 is 26.1. The largest absolute Gasteiger partial charge is 0.301 e. The van der Waals surface area contributed by atoms with Crippen LogP contribution in [0.15, 0.2) is 28.6 Å². The monoisotopic (exact) mass is 388 g/mol. The highest BCUT2D eigenvalue weighted by Gasteiger charge is 2.26. The zero-order chi connectivity index (χ0) is 17.7. The summed E-state index contributed by atoms with van der Waals surface area (Å²) in [5.41, 5.74) is 0.798. The number of carbonyl (C=O) groups excluding carboxylic acids is 1. The highest BCUT2D eigenvalue weighted by atomic mass is 35.5. The molecule has 24 heavy (non-hydrogen) atoms. The number of hydrogen-bond donors (Lipinski definition) is 1. The van der Waals surface area contributed by atoms with Gasteiger partial charge in [-0.2, -0.15) is 4.31 Å². The lowest BCUT2D eigenvalue weighted by Crippen LogP contribution is -2.26. The van der Waals surface area contributed by atoms with Crippen LogP contribution in [0.1, 0.15) is 25.3 Å². The molecule has 0 radical (unpaired) electrons. The minimum Gasteiger partial charge on any atom is -0.301 e. The number of carbonyl (C=O) groups is 1. The highest BCUT2D eigenvalue weighted by molar-refractivity contribution is 7.91. The van der Waals surface area contributed by atoms with Crippen LogP contribution in [-0.2, 0) is 21.4 Å². The average Bonchev–Trinajstić information content (AvgIpc) is 2.99. The number of amides is 1. The fourth-order valence-corrected chi connectivity index (χ4v) is 4.23. The first-order valence-electron chi connectivity index (χ1n) is 7.17. The Labute approximate surface area is 149 Å². The third kappa shape index (κ3) is 4.73. The maximum atomic E-state index is 12.5. The molecular formula is C14H17ClN4O3S2. The molecule has 130 valence electrons. The van der Waals surface area contributed by atoms with E-state index < -0.39 is 10.0 Å². The molecule has 1 heterocycles. The van der Waals surface area contributed by atoms with Crippen LogP contribution >= 0.6 is 22.9 Å². The molecule has 1 aromatic heterocycles. The molecule has 0 saturated heterocycles. The Bertz CT molecular complexity index is 806. The predicted octanol–water partition coefficient (Wildman–Crippen LogP) is 2.75. The number of rotatable bonds is 7. The zero-order valence-electron chi connectivity index (χ0n) is 13.2. The molecule has 2 rings (SSSR count). The molecule has 2 aromatic rings. The molecule has 0 aliphatic carbocycles. The summed E-state index contributed by atoms with van der Waals surface area (Å²) in [4.78, 5) is 11.5. The van der Waals surface area contributed by atoms with Crippen LogP contribution in [0.3, 0.4) is 0 Å². The van der Waals surface area contributed by atoms with Gasteiger partial charge >= 0.3 is 0 Å². The number of aromatic nitrogens is 2. The van der Waals surface area contributed by atoms with Crippen LogP contribution in [0.2, 0.25) is 5.02 Å². The van der Waals surface area contributed by atoms with Crippen molar-refractivity contribution in [2.45, 2.75) is 30.6 Å². The first kappa shape index (κ1) is 18.8.